The van der Waals surface area contributed by atoms with E-state index < -0.39 is 0 Å². The van der Waals surface area contributed by atoms with Crippen LogP contribution < -0.4 is 10.7 Å². The van der Waals surface area contributed by atoms with E-state index in [9.17, 15) is 4.79 Å². The predicted molar refractivity (Wildman–Crippen MR) is 67.6 cm³/mol. The van der Waals surface area contributed by atoms with E-state index in [2.05, 4.69) is 10.1 Å². The number of carbonyl (C=O) groups excluding carboxylic acids is 1. The molecule has 2 rings (SSSR count). The summed E-state index contributed by atoms with van der Waals surface area (Å²) in [7, 11) is 0. The number of aromatic nitrogens is 1. The number of rotatable bonds is 1. The molecule has 0 aromatic carbocycles. The number of anilines is 2. The van der Waals surface area contributed by atoms with Crippen LogP contribution in [0.25, 0.3) is 0 Å². The van der Waals surface area contributed by atoms with Crippen LogP contribution in [-0.2, 0) is 4.79 Å². The molecule has 0 atom stereocenters. The van der Waals surface area contributed by atoms with Crippen molar-refractivity contribution in [3.8, 4) is 0 Å². The Morgan fingerprint density at radius 1 is 1.41 bits per heavy atom. The second kappa shape index (κ2) is 3.84. The average molecular weight is 232 g/mol. The molecule has 1 aliphatic heterocycles. The quantitative estimate of drug-likeness (QED) is 0.802. The number of hydrogen-bond donors (Lipinski definition) is 1. The second-order valence-electron chi connectivity index (χ2n) is 5.13. The molecule has 0 aliphatic carbocycles. The summed E-state index contributed by atoms with van der Waals surface area (Å²) in [5.41, 5.74) is 7.00. The monoisotopic (exact) mass is 232 g/mol. The molecule has 0 spiro atoms. The van der Waals surface area contributed by atoms with Crippen LogP contribution in [-0.4, -0.2) is 16.6 Å². The Bertz CT molecular complexity index is 488. The molecular weight excluding hydrogens is 216 g/mol. The summed E-state index contributed by atoms with van der Waals surface area (Å²) in [6, 6.07) is 3.32. The standard InChI is InChI=1S/C12H16N4O/c1-12(2,3)9-7-11(17)16(15-9)10-6-8(13)4-5-14-10/h4-6H,7H2,1-3H3,(H2,13,14). The normalized spacial score (nSPS) is 16.3. The van der Waals surface area contributed by atoms with Gasteiger partial charge in [0.2, 0.25) is 0 Å². The van der Waals surface area contributed by atoms with E-state index in [1.54, 1.807) is 18.3 Å². The summed E-state index contributed by atoms with van der Waals surface area (Å²) in [6.07, 6.45) is 1.92. The van der Waals surface area contributed by atoms with Gasteiger partial charge in [-0.15, -0.1) is 0 Å². The Morgan fingerprint density at radius 3 is 2.65 bits per heavy atom. The molecule has 1 amide bonds. The smallest absolute Gasteiger partial charge is 0.254 e. The van der Waals surface area contributed by atoms with E-state index in [1.807, 2.05) is 20.8 Å². The highest BCUT2D eigenvalue weighted by Crippen LogP contribution is 2.27. The maximum absolute atomic E-state index is 11.9. The largest absolute Gasteiger partial charge is 0.399 e. The molecule has 0 radical (unpaired) electrons. The molecule has 5 heteroatoms. The van der Waals surface area contributed by atoms with Crippen molar-refractivity contribution in [2.45, 2.75) is 27.2 Å². The van der Waals surface area contributed by atoms with Crippen molar-refractivity contribution in [2.75, 3.05) is 10.7 Å². The topological polar surface area (TPSA) is 71.6 Å². The SMILES string of the molecule is CC(C)(C)C1=NN(c2cc(N)ccn2)C(=O)C1. The Labute approximate surface area is 100 Å². The van der Waals surface area contributed by atoms with Gasteiger partial charge in [-0.3, -0.25) is 4.79 Å². The van der Waals surface area contributed by atoms with Crippen LogP contribution in [0.3, 0.4) is 0 Å². The zero-order chi connectivity index (χ0) is 12.6. The molecule has 0 fully saturated rings. The van der Waals surface area contributed by atoms with Gasteiger partial charge in [-0.2, -0.15) is 10.1 Å². The van der Waals surface area contributed by atoms with E-state index in [-0.39, 0.29) is 11.3 Å². The minimum Gasteiger partial charge on any atom is -0.399 e. The summed E-state index contributed by atoms with van der Waals surface area (Å²) in [4.78, 5) is 16.0. The van der Waals surface area contributed by atoms with E-state index in [0.717, 1.165) is 5.71 Å². The molecule has 2 heterocycles. The van der Waals surface area contributed by atoms with Crippen LogP contribution in [0.1, 0.15) is 27.2 Å². The van der Waals surface area contributed by atoms with Crippen LogP contribution in [0.2, 0.25) is 0 Å². The fourth-order valence-electron chi connectivity index (χ4n) is 1.57. The number of amides is 1. The highest BCUT2D eigenvalue weighted by molar-refractivity contribution is 6.14. The highest BCUT2D eigenvalue weighted by Gasteiger charge is 2.32. The number of nitrogens with two attached hydrogens (primary N) is 1. The Balaban J connectivity index is 2.34. The van der Waals surface area contributed by atoms with Gasteiger partial charge < -0.3 is 5.73 Å². The minimum absolute atomic E-state index is 0.0620. The molecule has 17 heavy (non-hydrogen) atoms. The van der Waals surface area contributed by atoms with Gasteiger partial charge >= 0.3 is 0 Å². The number of pyridine rings is 1. The summed E-state index contributed by atoms with van der Waals surface area (Å²) in [5, 5.41) is 5.66. The summed E-state index contributed by atoms with van der Waals surface area (Å²) in [6.45, 7) is 6.11. The maximum atomic E-state index is 11.9. The Kier molecular flexibility index (Phi) is 2.61. The van der Waals surface area contributed by atoms with Gasteiger partial charge in [0.25, 0.3) is 5.91 Å². The first-order chi connectivity index (χ1) is 7.88. The van der Waals surface area contributed by atoms with Crippen molar-refractivity contribution in [2.24, 2.45) is 10.5 Å². The van der Waals surface area contributed by atoms with E-state index in [1.165, 1.54) is 5.01 Å². The predicted octanol–water partition coefficient (Wildman–Crippen LogP) is 1.80. The molecule has 0 saturated heterocycles. The molecule has 90 valence electrons. The first kappa shape index (κ1) is 11.6. The van der Waals surface area contributed by atoms with Crippen molar-refractivity contribution in [1.82, 2.24) is 4.98 Å². The van der Waals surface area contributed by atoms with Crippen LogP contribution in [0.15, 0.2) is 23.4 Å². The zero-order valence-electron chi connectivity index (χ0n) is 10.3. The number of nitrogen functional groups attached to an aromatic ring is 1. The number of carbonyl (C=O) groups is 1. The lowest BCUT2D eigenvalue weighted by Crippen LogP contribution is -2.21. The fraction of sp³-hybridized carbons (Fsp3) is 0.417. The fourth-order valence-corrected chi connectivity index (χ4v) is 1.57. The Hall–Kier alpha value is -1.91. The average Bonchev–Trinajstić information content (AvgIpc) is 2.60. The molecule has 0 bridgehead atoms. The molecule has 5 nitrogen and oxygen atoms in total. The maximum Gasteiger partial charge on any atom is 0.254 e. The van der Waals surface area contributed by atoms with Crippen molar-refractivity contribution >= 4 is 23.1 Å². The molecular formula is C12H16N4O. The minimum atomic E-state index is -0.106. The molecule has 1 aliphatic rings. The van der Waals surface area contributed by atoms with Gasteiger partial charge in [0.15, 0.2) is 5.82 Å². The van der Waals surface area contributed by atoms with Crippen molar-refractivity contribution < 1.29 is 4.79 Å². The van der Waals surface area contributed by atoms with Crippen molar-refractivity contribution in [1.29, 1.82) is 0 Å². The third kappa shape index (κ3) is 2.27. The summed E-state index contributed by atoms with van der Waals surface area (Å²) < 4.78 is 0. The van der Waals surface area contributed by atoms with Crippen LogP contribution in [0.4, 0.5) is 11.5 Å². The third-order valence-electron chi connectivity index (χ3n) is 2.63. The van der Waals surface area contributed by atoms with Crippen LogP contribution in [0, 0.1) is 5.41 Å². The zero-order valence-corrected chi connectivity index (χ0v) is 10.3. The van der Waals surface area contributed by atoms with Gasteiger partial charge in [0.05, 0.1) is 12.1 Å². The number of nitrogens with zero attached hydrogens (tertiary/aromatic N) is 3. The second-order valence-corrected chi connectivity index (χ2v) is 5.13. The summed E-state index contributed by atoms with van der Waals surface area (Å²) >= 11 is 0. The third-order valence-corrected chi connectivity index (χ3v) is 2.63. The van der Waals surface area contributed by atoms with E-state index in [4.69, 9.17) is 5.73 Å². The van der Waals surface area contributed by atoms with Gasteiger partial charge in [-0.25, -0.2) is 4.98 Å². The molecule has 0 unspecified atom stereocenters. The van der Waals surface area contributed by atoms with Gasteiger partial charge in [0, 0.05) is 23.4 Å². The molecule has 2 N–H and O–H groups in total. The van der Waals surface area contributed by atoms with Crippen molar-refractivity contribution in [3.63, 3.8) is 0 Å². The van der Waals surface area contributed by atoms with Crippen LogP contribution in [0.5, 0.6) is 0 Å². The van der Waals surface area contributed by atoms with E-state index >= 15 is 0 Å². The Morgan fingerprint density at radius 2 is 2.12 bits per heavy atom. The lowest BCUT2D eigenvalue weighted by atomic mass is 9.88. The van der Waals surface area contributed by atoms with Crippen molar-refractivity contribution in [3.05, 3.63) is 18.3 Å². The van der Waals surface area contributed by atoms with Gasteiger partial charge in [-0.1, -0.05) is 20.8 Å². The van der Waals surface area contributed by atoms with Gasteiger partial charge in [-0.05, 0) is 6.07 Å². The lowest BCUT2D eigenvalue weighted by molar-refractivity contribution is -0.117. The number of hydrogen-bond acceptors (Lipinski definition) is 4. The number of hydrazone groups is 1. The first-order valence-corrected chi connectivity index (χ1v) is 5.50. The van der Waals surface area contributed by atoms with Gasteiger partial charge in [0.1, 0.15) is 0 Å². The first-order valence-electron chi connectivity index (χ1n) is 5.50. The molecule has 1 aromatic rings. The summed E-state index contributed by atoms with van der Waals surface area (Å²) in [5.74, 6) is 0.419. The molecule has 1 aromatic heterocycles. The highest BCUT2D eigenvalue weighted by atomic mass is 16.2. The molecule has 0 saturated carbocycles. The van der Waals surface area contributed by atoms with Crippen LogP contribution >= 0.6 is 0 Å². The lowest BCUT2D eigenvalue weighted by Gasteiger charge is -2.16. The van der Waals surface area contributed by atoms with E-state index in [0.29, 0.717) is 17.9 Å².